The second-order valence-electron chi connectivity index (χ2n) is 5.66. The topological polar surface area (TPSA) is 26.3 Å². The molecule has 2 heteroatoms. The highest BCUT2D eigenvalue weighted by Crippen LogP contribution is 2.14. The number of rotatable bonds is 8. The molecular weight excluding hydrogens is 260 g/mol. The quantitative estimate of drug-likeness (QED) is 0.372. The molecule has 2 nitrogen and oxygen atoms in total. The van der Waals surface area contributed by atoms with Crippen LogP contribution in [0.25, 0.3) is 6.08 Å². The number of carbonyl (C=O) groups excluding carboxylic acids is 1. The fraction of sp³-hybridized carbons (Fsp3) is 0.526. The van der Waals surface area contributed by atoms with E-state index in [1.165, 1.54) is 24.0 Å². The lowest BCUT2D eigenvalue weighted by Gasteiger charge is -2.14. The third-order valence-corrected chi connectivity index (χ3v) is 3.69. The van der Waals surface area contributed by atoms with Crippen molar-refractivity contribution in [2.24, 2.45) is 0 Å². The van der Waals surface area contributed by atoms with Gasteiger partial charge in [-0.05, 0) is 50.3 Å². The number of benzene rings is 1. The lowest BCUT2D eigenvalue weighted by molar-refractivity contribution is -0.143. The molecule has 116 valence electrons. The van der Waals surface area contributed by atoms with Crippen molar-refractivity contribution in [2.75, 3.05) is 0 Å². The normalized spacial score (nSPS) is 12.6. The number of hydrogen-bond donors (Lipinski definition) is 0. The van der Waals surface area contributed by atoms with Gasteiger partial charge in [-0.3, -0.25) is 0 Å². The zero-order chi connectivity index (χ0) is 15.7. The van der Waals surface area contributed by atoms with Crippen LogP contribution in [-0.4, -0.2) is 12.1 Å². The van der Waals surface area contributed by atoms with E-state index in [0.29, 0.717) is 0 Å². The van der Waals surface area contributed by atoms with E-state index < -0.39 is 0 Å². The summed E-state index contributed by atoms with van der Waals surface area (Å²) in [6.07, 6.45) is 8.80. The first kappa shape index (κ1) is 17.5. The maximum Gasteiger partial charge on any atom is 0.331 e. The molecule has 1 unspecified atom stereocenters. The Kier molecular flexibility index (Phi) is 7.81. The molecule has 1 rings (SSSR count). The number of ether oxygens (including phenoxy) is 1. The molecule has 0 saturated heterocycles. The van der Waals surface area contributed by atoms with Crippen molar-refractivity contribution >= 4 is 12.0 Å². The second-order valence-corrected chi connectivity index (χ2v) is 5.66. The first-order valence-electron chi connectivity index (χ1n) is 8.02. The maximum atomic E-state index is 11.9. The highest BCUT2D eigenvalue weighted by Gasteiger charge is 2.10. The summed E-state index contributed by atoms with van der Waals surface area (Å²) in [5, 5.41) is 0. The van der Waals surface area contributed by atoms with Gasteiger partial charge in [-0.25, -0.2) is 4.79 Å². The molecule has 0 aliphatic rings. The van der Waals surface area contributed by atoms with Crippen molar-refractivity contribution in [3.63, 3.8) is 0 Å². The van der Waals surface area contributed by atoms with Crippen LogP contribution in [-0.2, 0) is 9.53 Å². The van der Waals surface area contributed by atoms with Crippen molar-refractivity contribution in [2.45, 2.75) is 65.9 Å². The van der Waals surface area contributed by atoms with Gasteiger partial charge in [0.25, 0.3) is 0 Å². The Labute approximate surface area is 129 Å². The molecule has 0 heterocycles. The summed E-state index contributed by atoms with van der Waals surface area (Å²) in [6.45, 7) is 8.37. The van der Waals surface area contributed by atoms with Crippen LogP contribution < -0.4 is 0 Å². The van der Waals surface area contributed by atoms with Gasteiger partial charge in [-0.2, -0.15) is 0 Å². The van der Waals surface area contributed by atoms with Crippen LogP contribution in [0, 0.1) is 13.8 Å². The van der Waals surface area contributed by atoms with Crippen LogP contribution in [0.1, 0.15) is 62.6 Å². The maximum absolute atomic E-state index is 11.9. The highest BCUT2D eigenvalue weighted by atomic mass is 16.5. The van der Waals surface area contributed by atoms with Crippen LogP contribution >= 0.6 is 0 Å². The van der Waals surface area contributed by atoms with Crippen LogP contribution in [0.2, 0.25) is 0 Å². The number of aryl methyl sites for hydroxylation is 2. The number of hydrogen-bond acceptors (Lipinski definition) is 2. The van der Waals surface area contributed by atoms with Crippen LogP contribution in [0.4, 0.5) is 0 Å². The number of esters is 1. The minimum Gasteiger partial charge on any atom is -0.459 e. The molecule has 1 aromatic rings. The summed E-state index contributed by atoms with van der Waals surface area (Å²) in [5.74, 6) is -0.238. The Bertz CT molecular complexity index is 474. The molecule has 0 fully saturated rings. The number of carbonyl (C=O) groups is 1. The molecule has 21 heavy (non-hydrogen) atoms. The van der Waals surface area contributed by atoms with Gasteiger partial charge in [0.2, 0.25) is 0 Å². The largest absolute Gasteiger partial charge is 0.459 e. The Morgan fingerprint density at radius 3 is 2.62 bits per heavy atom. The van der Waals surface area contributed by atoms with Crippen molar-refractivity contribution in [1.82, 2.24) is 0 Å². The average Bonchev–Trinajstić information content (AvgIpc) is 2.45. The molecular formula is C19H28O2. The number of unbranched alkanes of at least 4 members (excludes halogenated alkanes) is 2. The van der Waals surface area contributed by atoms with Crippen LogP contribution in [0.3, 0.4) is 0 Å². The lowest BCUT2D eigenvalue weighted by atomic mass is 10.1. The fourth-order valence-corrected chi connectivity index (χ4v) is 2.34. The molecule has 0 aliphatic carbocycles. The summed E-state index contributed by atoms with van der Waals surface area (Å²) >= 11 is 0. The van der Waals surface area contributed by atoms with Crippen molar-refractivity contribution in [3.8, 4) is 0 Å². The molecule has 0 spiro atoms. The van der Waals surface area contributed by atoms with E-state index in [0.717, 1.165) is 24.8 Å². The summed E-state index contributed by atoms with van der Waals surface area (Å²) in [5.41, 5.74) is 3.47. The van der Waals surface area contributed by atoms with Gasteiger partial charge in [0.15, 0.2) is 0 Å². The van der Waals surface area contributed by atoms with E-state index in [-0.39, 0.29) is 12.1 Å². The molecule has 0 aliphatic heterocycles. The van der Waals surface area contributed by atoms with Gasteiger partial charge in [-0.15, -0.1) is 0 Å². The zero-order valence-corrected chi connectivity index (χ0v) is 13.8. The minimum atomic E-state index is -0.238. The van der Waals surface area contributed by atoms with E-state index in [4.69, 9.17) is 4.74 Å². The molecule has 0 aromatic heterocycles. The molecule has 1 atom stereocenters. The third-order valence-electron chi connectivity index (χ3n) is 3.69. The molecule has 0 bridgehead atoms. The van der Waals surface area contributed by atoms with Crippen molar-refractivity contribution in [1.29, 1.82) is 0 Å². The SMILES string of the molecule is CCCCCC(CC)OC(=O)C=Cc1ccc(C)cc1C. The van der Waals surface area contributed by atoms with E-state index in [2.05, 4.69) is 39.8 Å². The zero-order valence-electron chi connectivity index (χ0n) is 13.8. The van der Waals surface area contributed by atoms with Crippen LogP contribution in [0.15, 0.2) is 24.3 Å². The summed E-state index contributed by atoms with van der Waals surface area (Å²) in [4.78, 5) is 11.9. The van der Waals surface area contributed by atoms with Crippen LogP contribution in [0.5, 0.6) is 0 Å². The minimum absolute atomic E-state index is 0.0489. The predicted molar refractivity (Wildman–Crippen MR) is 89.3 cm³/mol. The predicted octanol–water partition coefficient (Wildman–Crippen LogP) is 5.22. The average molecular weight is 288 g/mol. The van der Waals surface area contributed by atoms with Gasteiger partial charge in [0, 0.05) is 6.08 Å². The van der Waals surface area contributed by atoms with Gasteiger partial charge >= 0.3 is 5.97 Å². The summed E-state index contributed by atoms with van der Waals surface area (Å²) in [6, 6.07) is 6.20. The molecule has 0 radical (unpaired) electrons. The molecule has 0 amide bonds. The summed E-state index contributed by atoms with van der Waals surface area (Å²) < 4.78 is 5.51. The Balaban J connectivity index is 2.53. The van der Waals surface area contributed by atoms with Crippen molar-refractivity contribution < 1.29 is 9.53 Å². The van der Waals surface area contributed by atoms with E-state index in [9.17, 15) is 4.79 Å². The first-order valence-corrected chi connectivity index (χ1v) is 8.02. The second kappa shape index (κ2) is 9.38. The smallest absolute Gasteiger partial charge is 0.331 e. The standard InChI is InChI=1S/C19H28O2/c1-5-7-8-9-18(6-2)21-19(20)13-12-17-11-10-15(3)14-16(17)4/h10-14,18H,5-9H2,1-4H3. The first-order chi connectivity index (χ1) is 10.1. The van der Waals surface area contributed by atoms with E-state index in [1.54, 1.807) is 6.08 Å². The Hall–Kier alpha value is -1.57. The Morgan fingerprint density at radius 2 is 2.00 bits per heavy atom. The van der Waals surface area contributed by atoms with Gasteiger partial charge in [0.05, 0.1) is 0 Å². The third kappa shape index (κ3) is 6.61. The van der Waals surface area contributed by atoms with Crippen molar-refractivity contribution in [3.05, 3.63) is 41.0 Å². The van der Waals surface area contributed by atoms with Gasteiger partial charge < -0.3 is 4.74 Å². The monoisotopic (exact) mass is 288 g/mol. The summed E-state index contributed by atoms with van der Waals surface area (Å²) in [7, 11) is 0. The molecule has 0 N–H and O–H groups in total. The Morgan fingerprint density at radius 1 is 1.24 bits per heavy atom. The molecule has 0 saturated carbocycles. The van der Waals surface area contributed by atoms with E-state index in [1.807, 2.05) is 12.1 Å². The highest BCUT2D eigenvalue weighted by molar-refractivity contribution is 5.87. The fourth-order valence-electron chi connectivity index (χ4n) is 2.34. The molecule has 1 aromatic carbocycles. The van der Waals surface area contributed by atoms with Gasteiger partial charge in [0.1, 0.15) is 6.10 Å². The van der Waals surface area contributed by atoms with E-state index >= 15 is 0 Å². The lowest BCUT2D eigenvalue weighted by Crippen LogP contribution is -2.15. The van der Waals surface area contributed by atoms with Gasteiger partial charge in [-0.1, -0.05) is 50.5 Å².